The van der Waals surface area contributed by atoms with E-state index >= 15 is 0 Å². The molecule has 0 saturated carbocycles. The molecule has 4 nitrogen and oxygen atoms in total. The summed E-state index contributed by atoms with van der Waals surface area (Å²) in [6.45, 7) is 2.04. The van der Waals surface area contributed by atoms with Crippen molar-refractivity contribution < 1.29 is 31.8 Å². The van der Waals surface area contributed by atoms with Crippen LogP contribution < -0.4 is 0 Å². The lowest BCUT2D eigenvalue weighted by Gasteiger charge is -2.16. The van der Waals surface area contributed by atoms with Crippen LogP contribution >= 0.6 is 11.3 Å². The average Bonchev–Trinajstić information content (AvgIpc) is 3.21. The van der Waals surface area contributed by atoms with Gasteiger partial charge in [0.25, 0.3) is 0 Å². The third kappa shape index (κ3) is 5.59. The molecule has 9 heteroatoms. The van der Waals surface area contributed by atoms with E-state index in [2.05, 4.69) is 9.72 Å². The first-order valence-electron chi connectivity index (χ1n) is 10.3. The Balaban J connectivity index is 2.02. The van der Waals surface area contributed by atoms with E-state index in [1.165, 1.54) is 49.8 Å². The Labute approximate surface area is 193 Å². The Morgan fingerprint density at radius 2 is 1.82 bits per heavy atom. The summed E-state index contributed by atoms with van der Waals surface area (Å²) in [6, 6.07) is 8.98. The fourth-order valence-electron chi connectivity index (χ4n) is 3.38. The van der Waals surface area contributed by atoms with Gasteiger partial charge in [-0.2, -0.15) is 13.2 Å². The number of hydrogen-bond donors (Lipinski definition) is 0. The van der Waals surface area contributed by atoms with Gasteiger partial charge in [-0.15, -0.1) is 11.3 Å². The molecule has 0 saturated heterocycles. The molecule has 1 heterocycles. The third-order valence-electron chi connectivity index (χ3n) is 5.13. The molecule has 1 unspecified atom stereocenters. The number of alkyl halides is 3. The van der Waals surface area contributed by atoms with E-state index in [1.54, 1.807) is 6.07 Å². The highest BCUT2D eigenvalue weighted by atomic mass is 32.1. The number of hydrogen-bond acceptors (Lipinski definition) is 5. The molecule has 3 aromatic rings. The molecule has 176 valence electrons. The van der Waals surface area contributed by atoms with E-state index in [-0.39, 0.29) is 5.56 Å². The maximum absolute atomic E-state index is 14.5. The van der Waals surface area contributed by atoms with Gasteiger partial charge in [-0.1, -0.05) is 31.5 Å². The monoisotopic (exact) mass is 481 g/mol. The number of thiazole rings is 1. The number of halogens is 4. The van der Waals surface area contributed by atoms with Crippen molar-refractivity contribution in [3.05, 3.63) is 75.5 Å². The molecule has 0 amide bonds. The van der Waals surface area contributed by atoms with E-state index in [4.69, 9.17) is 4.74 Å². The van der Waals surface area contributed by atoms with Gasteiger partial charge in [0.1, 0.15) is 16.9 Å². The third-order valence-corrected chi connectivity index (χ3v) is 6.32. The maximum Gasteiger partial charge on any atom is 0.416 e. The number of rotatable bonds is 8. The van der Waals surface area contributed by atoms with Gasteiger partial charge < -0.3 is 9.47 Å². The van der Waals surface area contributed by atoms with Crippen LogP contribution in [0.3, 0.4) is 0 Å². The molecule has 0 spiro atoms. The summed E-state index contributed by atoms with van der Waals surface area (Å²) < 4.78 is 63.5. The predicted octanol–water partition coefficient (Wildman–Crippen LogP) is 6.83. The average molecular weight is 482 g/mol. The van der Waals surface area contributed by atoms with Crippen LogP contribution in [0.15, 0.2) is 42.5 Å². The zero-order valence-corrected chi connectivity index (χ0v) is 19.1. The lowest BCUT2D eigenvalue weighted by Crippen LogP contribution is -2.09. The smallest absolute Gasteiger partial charge is 0.416 e. The Morgan fingerprint density at radius 1 is 1.12 bits per heavy atom. The van der Waals surface area contributed by atoms with Gasteiger partial charge in [-0.3, -0.25) is 0 Å². The van der Waals surface area contributed by atoms with Crippen molar-refractivity contribution in [1.29, 1.82) is 0 Å². The molecule has 0 N–H and O–H groups in total. The van der Waals surface area contributed by atoms with E-state index < -0.39 is 29.6 Å². The Morgan fingerprint density at radius 3 is 2.36 bits per heavy atom. The minimum atomic E-state index is -4.42. The number of nitrogens with zero attached hydrogens (tertiary/aromatic N) is 1. The molecule has 0 aliphatic heterocycles. The molecular formula is C24H23F4NO3S. The molecule has 1 atom stereocenters. The number of carbonyl (C=O) groups excluding carboxylic acids is 1. The summed E-state index contributed by atoms with van der Waals surface area (Å²) in [6.07, 6.45) is -2.65. The second-order valence-electron chi connectivity index (χ2n) is 7.36. The molecular weight excluding hydrogens is 458 g/mol. The predicted molar refractivity (Wildman–Crippen MR) is 118 cm³/mol. The van der Waals surface area contributed by atoms with Crippen molar-refractivity contribution in [3.63, 3.8) is 0 Å². The fraction of sp³-hybridized carbons (Fsp3) is 0.333. The maximum atomic E-state index is 14.5. The van der Waals surface area contributed by atoms with Gasteiger partial charge in [-0.05, 0) is 42.7 Å². The summed E-state index contributed by atoms with van der Waals surface area (Å²) in [4.78, 5) is 17.1. The van der Waals surface area contributed by atoms with Gasteiger partial charge in [0, 0.05) is 12.7 Å². The van der Waals surface area contributed by atoms with Crippen molar-refractivity contribution in [1.82, 2.24) is 4.98 Å². The zero-order chi connectivity index (χ0) is 24.2. The van der Waals surface area contributed by atoms with Gasteiger partial charge >= 0.3 is 12.1 Å². The highest BCUT2D eigenvalue weighted by Gasteiger charge is 2.30. The standard InChI is InChI=1S/C24H23F4NO3S/c1-4-5-6-19-21(20(31-2)15-9-12-17(18(25)13-15)23(30)32-3)33-22(29-19)14-7-10-16(11-8-14)24(26,27)28/h7-13,20H,4-6H2,1-3H3. The van der Waals surface area contributed by atoms with Crippen LogP contribution in [0, 0.1) is 5.82 Å². The number of ether oxygens (including phenoxy) is 2. The lowest BCUT2D eigenvalue weighted by molar-refractivity contribution is -0.137. The summed E-state index contributed by atoms with van der Waals surface area (Å²) in [7, 11) is 2.66. The van der Waals surface area contributed by atoms with E-state index in [9.17, 15) is 22.4 Å². The van der Waals surface area contributed by atoms with Crippen LogP contribution in [0.25, 0.3) is 10.6 Å². The summed E-state index contributed by atoms with van der Waals surface area (Å²) in [5.41, 5.74) is 0.880. The molecule has 1 aromatic heterocycles. The zero-order valence-electron chi connectivity index (χ0n) is 18.3. The highest BCUT2D eigenvalue weighted by molar-refractivity contribution is 7.15. The highest BCUT2D eigenvalue weighted by Crippen LogP contribution is 2.39. The molecule has 2 aromatic carbocycles. The van der Waals surface area contributed by atoms with Crippen LogP contribution in [0.4, 0.5) is 17.6 Å². The fourth-order valence-corrected chi connectivity index (χ4v) is 4.60. The lowest BCUT2D eigenvalue weighted by atomic mass is 10.0. The first kappa shape index (κ1) is 24.9. The molecule has 3 rings (SSSR count). The van der Waals surface area contributed by atoms with Crippen LogP contribution in [-0.4, -0.2) is 25.2 Å². The summed E-state index contributed by atoms with van der Waals surface area (Å²) >= 11 is 1.29. The number of carbonyl (C=O) groups is 1. The second kappa shape index (κ2) is 10.4. The second-order valence-corrected chi connectivity index (χ2v) is 8.39. The van der Waals surface area contributed by atoms with Crippen molar-refractivity contribution in [2.75, 3.05) is 14.2 Å². The van der Waals surface area contributed by atoms with Gasteiger partial charge in [-0.25, -0.2) is 14.2 Å². The minimum absolute atomic E-state index is 0.183. The van der Waals surface area contributed by atoms with Gasteiger partial charge in [0.2, 0.25) is 0 Å². The Kier molecular flexibility index (Phi) is 7.86. The number of esters is 1. The van der Waals surface area contributed by atoms with E-state index in [1.807, 2.05) is 6.92 Å². The van der Waals surface area contributed by atoms with Crippen LogP contribution in [0.1, 0.15) is 57.9 Å². The quantitative estimate of drug-likeness (QED) is 0.261. The topological polar surface area (TPSA) is 48.4 Å². The van der Waals surface area contributed by atoms with Crippen molar-refractivity contribution in [2.24, 2.45) is 0 Å². The normalized spacial score (nSPS) is 12.6. The SMILES string of the molecule is CCCCc1nc(-c2ccc(C(F)(F)F)cc2)sc1C(OC)c1ccc(C(=O)OC)c(F)c1. The van der Waals surface area contributed by atoms with Crippen LogP contribution in [0.5, 0.6) is 0 Å². The van der Waals surface area contributed by atoms with E-state index in [0.29, 0.717) is 22.6 Å². The molecule has 0 fully saturated rings. The molecule has 33 heavy (non-hydrogen) atoms. The summed E-state index contributed by atoms with van der Waals surface area (Å²) in [5, 5.41) is 0.554. The number of benzene rings is 2. The first-order valence-corrected chi connectivity index (χ1v) is 11.1. The molecule has 0 aliphatic rings. The number of aromatic nitrogens is 1. The van der Waals surface area contributed by atoms with Crippen molar-refractivity contribution >= 4 is 17.3 Å². The molecule has 0 radical (unpaired) electrons. The van der Waals surface area contributed by atoms with Crippen molar-refractivity contribution in [2.45, 2.75) is 38.5 Å². The van der Waals surface area contributed by atoms with Crippen molar-refractivity contribution in [3.8, 4) is 10.6 Å². The molecule has 0 bridgehead atoms. The summed E-state index contributed by atoms with van der Waals surface area (Å²) in [5.74, 6) is -1.51. The van der Waals surface area contributed by atoms with Crippen LogP contribution in [0.2, 0.25) is 0 Å². The number of unbranched alkanes of at least 4 members (excludes halogenated alkanes) is 1. The number of methoxy groups -OCH3 is 2. The number of aryl methyl sites for hydroxylation is 1. The molecule has 0 aliphatic carbocycles. The Bertz CT molecular complexity index is 1110. The first-order chi connectivity index (χ1) is 15.7. The van der Waals surface area contributed by atoms with Gasteiger partial charge in [0.15, 0.2) is 0 Å². The van der Waals surface area contributed by atoms with Crippen LogP contribution in [-0.2, 0) is 22.1 Å². The van der Waals surface area contributed by atoms with E-state index in [0.717, 1.165) is 35.5 Å². The van der Waals surface area contributed by atoms with Gasteiger partial charge in [0.05, 0.1) is 28.8 Å². The Hall–Kier alpha value is -2.78. The minimum Gasteiger partial charge on any atom is -0.465 e. The largest absolute Gasteiger partial charge is 0.465 e.